The first-order chi connectivity index (χ1) is 12.8. The van der Waals surface area contributed by atoms with E-state index in [0.717, 1.165) is 12.8 Å². The molecule has 0 aliphatic heterocycles. The second kappa shape index (κ2) is 6.93. The fraction of sp³-hybridized carbons (Fsp3) is 0.882. The minimum atomic E-state index is -6.24. The van der Waals surface area contributed by atoms with E-state index in [4.69, 9.17) is 9.29 Å². The Hall–Kier alpha value is -1.23. The number of rotatable bonds is 8. The molecule has 0 heterocycles. The maximum Gasteiger partial charge on any atom is 0.431 e. The predicted molar refractivity (Wildman–Crippen MR) is 87.2 cm³/mol. The number of alkyl halides is 4. The van der Waals surface area contributed by atoms with Gasteiger partial charge in [0.2, 0.25) is 0 Å². The van der Waals surface area contributed by atoms with E-state index < -0.39 is 45.5 Å². The van der Waals surface area contributed by atoms with E-state index in [1.807, 2.05) is 0 Å². The number of ketones is 1. The lowest BCUT2D eigenvalue weighted by Crippen LogP contribution is -2.54. The summed E-state index contributed by atoms with van der Waals surface area (Å²) < 4.78 is 87.3. The van der Waals surface area contributed by atoms with Crippen LogP contribution in [0, 0.1) is 23.2 Å². The van der Waals surface area contributed by atoms with Crippen LogP contribution in [0.5, 0.6) is 0 Å². The summed E-state index contributed by atoms with van der Waals surface area (Å²) in [6.07, 6.45) is 0.947. The molecule has 6 nitrogen and oxygen atoms in total. The van der Waals surface area contributed by atoms with Gasteiger partial charge in [-0.05, 0) is 50.9 Å². The van der Waals surface area contributed by atoms with E-state index in [1.54, 1.807) is 0 Å². The van der Waals surface area contributed by atoms with Crippen LogP contribution in [-0.2, 0) is 24.4 Å². The summed E-state index contributed by atoms with van der Waals surface area (Å²) in [7, 11) is -6.24. The lowest BCUT2D eigenvalue weighted by molar-refractivity contribution is -0.175. The number of halogens is 4. The van der Waals surface area contributed by atoms with Gasteiger partial charge in [-0.3, -0.25) is 14.1 Å². The van der Waals surface area contributed by atoms with Crippen molar-refractivity contribution in [1.29, 1.82) is 0 Å². The van der Waals surface area contributed by atoms with E-state index in [2.05, 4.69) is 0 Å². The summed E-state index contributed by atoms with van der Waals surface area (Å²) in [5, 5.41) is -5.58. The van der Waals surface area contributed by atoms with Crippen LogP contribution in [0.1, 0.15) is 51.4 Å². The average molecular weight is 430 g/mol. The van der Waals surface area contributed by atoms with Gasteiger partial charge in [0.15, 0.2) is 0 Å². The van der Waals surface area contributed by atoms with Gasteiger partial charge in [0, 0.05) is 18.3 Å². The fourth-order valence-corrected chi connectivity index (χ4v) is 5.58. The smallest absolute Gasteiger partial charge is 0.431 e. The lowest BCUT2D eigenvalue weighted by atomic mass is 9.49. The zero-order valence-electron chi connectivity index (χ0n) is 15.0. The summed E-state index contributed by atoms with van der Waals surface area (Å²) in [5.41, 5.74) is -0.716. The molecule has 2 unspecified atom stereocenters. The zero-order valence-corrected chi connectivity index (χ0v) is 15.8. The van der Waals surface area contributed by atoms with Crippen LogP contribution < -0.4 is 0 Å². The molecular formula is C17H22F4O6S. The van der Waals surface area contributed by atoms with E-state index in [-0.39, 0.29) is 30.6 Å². The Labute approximate surface area is 159 Å². The van der Waals surface area contributed by atoms with Gasteiger partial charge in [-0.2, -0.15) is 26.0 Å². The van der Waals surface area contributed by atoms with Crippen LogP contribution in [0.3, 0.4) is 0 Å². The molecule has 28 heavy (non-hydrogen) atoms. The molecule has 0 saturated heterocycles. The van der Waals surface area contributed by atoms with Gasteiger partial charge in [0.25, 0.3) is 0 Å². The average Bonchev–Trinajstić information content (AvgIpc) is 2.57. The summed E-state index contributed by atoms with van der Waals surface area (Å²) >= 11 is 0. The molecule has 11 heteroatoms. The monoisotopic (exact) mass is 430 g/mol. The minimum Gasteiger partial charge on any atom is -0.465 e. The van der Waals surface area contributed by atoms with Gasteiger partial charge in [-0.25, -0.2) is 0 Å². The van der Waals surface area contributed by atoms with Crippen molar-refractivity contribution in [3.8, 4) is 0 Å². The molecule has 4 aliphatic rings. The molecule has 2 atom stereocenters. The van der Waals surface area contributed by atoms with Crippen LogP contribution >= 0.6 is 0 Å². The highest BCUT2D eigenvalue weighted by atomic mass is 32.2. The Bertz CT molecular complexity index is 748. The third kappa shape index (κ3) is 3.55. The number of carbonyl (C=O) groups excluding carboxylic acids is 2. The molecule has 0 spiro atoms. The molecule has 0 aromatic heterocycles. The van der Waals surface area contributed by atoms with Gasteiger partial charge in [0.1, 0.15) is 5.78 Å². The van der Waals surface area contributed by atoms with Crippen molar-refractivity contribution in [3.63, 3.8) is 0 Å². The largest absolute Gasteiger partial charge is 0.465 e. The Morgan fingerprint density at radius 3 is 2.21 bits per heavy atom. The van der Waals surface area contributed by atoms with Crippen LogP contribution in [0.2, 0.25) is 0 Å². The van der Waals surface area contributed by atoms with Gasteiger partial charge < -0.3 is 4.74 Å². The highest BCUT2D eigenvalue weighted by molar-refractivity contribution is 7.87. The van der Waals surface area contributed by atoms with Crippen molar-refractivity contribution >= 4 is 21.9 Å². The lowest BCUT2D eigenvalue weighted by Gasteiger charge is -2.53. The van der Waals surface area contributed by atoms with E-state index >= 15 is 0 Å². The van der Waals surface area contributed by atoms with E-state index in [9.17, 15) is 35.6 Å². The van der Waals surface area contributed by atoms with Crippen LogP contribution in [0.15, 0.2) is 0 Å². The standard InChI is InChI=1S/C17H22F4O6S/c18-16(19,17(20,21)28(24,25)26)3-1-2-4-27-14(23)15-7-10-5-11(8-15)13(22)12(6-10)9-15/h10-12H,1-9H2,(H,24,25,26). The van der Waals surface area contributed by atoms with Crippen molar-refractivity contribution < 1.29 is 44.9 Å². The van der Waals surface area contributed by atoms with Gasteiger partial charge in [-0.15, -0.1) is 0 Å². The first kappa shape index (κ1) is 21.5. The normalized spacial score (nSPS) is 32.6. The van der Waals surface area contributed by atoms with Crippen LogP contribution in [-0.4, -0.2) is 42.5 Å². The molecule has 4 fully saturated rings. The molecule has 4 aliphatic carbocycles. The van der Waals surface area contributed by atoms with Crippen molar-refractivity contribution in [3.05, 3.63) is 0 Å². The number of esters is 1. The number of hydrogen-bond donors (Lipinski definition) is 1. The first-order valence-electron chi connectivity index (χ1n) is 9.23. The van der Waals surface area contributed by atoms with Gasteiger partial charge in [-0.1, -0.05) is 0 Å². The van der Waals surface area contributed by atoms with Crippen molar-refractivity contribution in [2.24, 2.45) is 23.2 Å². The molecule has 0 amide bonds. The molecule has 4 bridgehead atoms. The van der Waals surface area contributed by atoms with Crippen LogP contribution in [0.4, 0.5) is 17.6 Å². The minimum absolute atomic E-state index is 0.125. The zero-order chi connectivity index (χ0) is 21.0. The number of ether oxygens (including phenoxy) is 1. The van der Waals surface area contributed by atoms with Crippen LogP contribution in [0.25, 0.3) is 0 Å². The third-order valence-electron chi connectivity index (χ3n) is 6.30. The third-order valence-corrected chi connectivity index (χ3v) is 7.24. The topological polar surface area (TPSA) is 97.7 Å². The molecule has 0 aromatic rings. The second-order valence-corrected chi connectivity index (χ2v) is 9.78. The van der Waals surface area contributed by atoms with Crippen molar-refractivity contribution in [2.75, 3.05) is 6.61 Å². The highest BCUT2D eigenvalue weighted by Gasteiger charge is 2.65. The maximum absolute atomic E-state index is 13.4. The van der Waals surface area contributed by atoms with Crippen molar-refractivity contribution in [1.82, 2.24) is 0 Å². The SMILES string of the molecule is O=C1C2CC3CC1CC(C(=O)OCCCCC(F)(F)C(F)(F)S(=O)(=O)O)(C3)C2. The Morgan fingerprint density at radius 1 is 1.11 bits per heavy atom. The predicted octanol–water partition coefficient (Wildman–Crippen LogP) is 3.21. The number of unbranched alkanes of at least 4 members (excludes halogenated alkanes) is 1. The van der Waals surface area contributed by atoms with E-state index in [1.165, 1.54) is 0 Å². The summed E-state index contributed by atoms with van der Waals surface area (Å²) in [6, 6.07) is 0. The number of hydrogen-bond acceptors (Lipinski definition) is 5. The summed E-state index contributed by atoms with van der Waals surface area (Å²) in [6.45, 7) is -0.262. The fourth-order valence-electron chi connectivity index (χ4n) is 5.10. The molecular weight excluding hydrogens is 408 g/mol. The summed E-state index contributed by atoms with van der Waals surface area (Å²) in [5.74, 6) is -5.15. The number of carbonyl (C=O) groups is 2. The Balaban J connectivity index is 1.47. The Kier molecular flexibility index (Phi) is 5.31. The molecule has 160 valence electrons. The quantitative estimate of drug-likeness (QED) is 0.275. The first-order valence-corrected chi connectivity index (χ1v) is 10.7. The molecule has 0 radical (unpaired) electrons. The van der Waals surface area contributed by atoms with Gasteiger partial charge in [0.05, 0.1) is 12.0 Å². The summed E-state index contributed by atoms with van der Waals surface area (Å²) in [4.78, 5) is 24.7. The van der Waals surface area contributed by atoms with Gasteiger partial charge >= 0.3 is 27.3 Å². The Morgan fingerprint density at radius 2 is 1.68 bits per heavy atom. The molecule has 0 aromatic carbocycles. The van der Waals surface area contributed by atoms with Crippen molar-refractivity contribution in [2.45, 2.75) is 62.5 Å². The van der Waals surface area contributed by atoms with E-state index in [0.29, 0.717) is 25.2 Å². The second-order valence-electron chi connectivity index (χ2n) is 8.32. The molecule has 1 N–H and O–H groups in total. The number of Topliss-reactive ketones (excluding diaryl/α,β-unsaturated/α-hetero) is 1. The molecule has 4 rings (SSSR count). The maximum atomic E-state index is 13.4. The highest BCUT2D eigenvalue weighted by Crippen LogP contribution is 2.59. The molecule has 4 saturated carbocycles.